The van der Waals surface area contributed by atoms with Crippen molar-refractivity contribution in [1.29, 1.82) is 0 Å². The smallest absolute Gasteiger partial charge is 0.416 e. The molecule has 0 saturated carbocycles. The Bertz CT molecular complexity index is 535. The largest absolute Gasteiger partial charge is 0.492 e. The molecule has 0 amide bonds. The lowest BCUT2D eigenvalue weighted by Crippen LogP contribution is -2.24. The zero-order valence-electron chi connectivity index (χ0n) is 11.5. The van der Waals surface area contributed by atoms with Crippen molar-refractivity contribution in [2.24, 2.45) is 0 Å². The minimum absolute atomic E-state index is 0.0520. The molecule has 1 unspecified atom stereocenters. The van der Waals surface area contributed by atoms with Crippen molar-refractivity contribution in [3.05, 3.63) is 54.0 Å². The molecule has 3 nitrogen and oxygen atoms in total. The molecule has 0 radical (unpaired) electrons. The highest BCUT2D eigenvalue weighted by Gasteiger charge is 2.29. The average Bonchev–Trinajstić information content (AvgIpc) is 2.97. The Balaban J connectivity index is 1.74. The van der Waals surface area contributed by atoms with E-state index < -0.39 is 11.7 Å². The van der Waals surface area contributed by atoms with E-state index in [1.165, 1.54) is 12.1 Å². The molecule has 0 spiro atoms. The average molecular weight is 299 g/mol. The molecule has 21 heavy (non-hydrogen) atoms. The summed E-state index contributed by atoms with van der Waals surface area (Å²) < 4.78 is 47.8. The van der Waals surface area contributed by atoms with Crippen LogP contribution in [0.25, 0.3) is 0 Å². The summed E-state index contributed by atoms with van der Waals surface area (Å²) in [5, 5.41) is 3.19. The van der Waals surface area contributed by atoms with Gasteiger partial charge in [0, 0.05) is 6.54 Å². The molecule has 1 heterocycles. The highest BCUT2D eigenvalue weighted by atomic mass is 19.4. The molecule has 0 aliphatic carbocycles. The number of rotatable bonds is 6. The van der Waals surface area contributed by atoms with Gasteiger partial charge < -0.3 is 14.5 Å². The monoisotopic (exact) mass is 299 g/mol. The maximum atomic E-state index is 12.4. The number of hydrogen-bond donors (Lipinski definition) is 1. The van der Waals surface area contributed by atoms with Crippen molar-refractivity contribution in [2.45, 2.75) is 19.1 Å². The fourth-order valence-electron chi connectivity index (χ4n) is 1.82. The van der Waals surface area contributed by atoms with Crippen molar-refractivity contribution >= 4 is 0 Å². The molecule has 0 fully saturated rings. The summed E-state index contributed by atoms with van der Waals surface area (Å²) in [6.45, 7) is 2.87. The zero-order chi connectivity index (χ0) is 15.3. The van der Waals surface area contributed by atoms with E-state index in [-0.39, 0.29) is 6.04 Å². The first kappa shape index (κ1) is 15.4. The topological polar surface area (TPSA) is 34.4 Å². The number of halogens is 3. The Kier molecular flexibility index (Phi) is 4.90. The van der Waals surface area contributed by atoms with Crippen molar-refractivity contribution in [1.82, 2.24) is 5.32 Å². The summed E-state index contributed by atoms with van der Waals surface area (Å²) in [6, 6.07) is 8.39. The minimum Gasteiger partial charge on any atom is -0.492 e. The van der Waals surface area contributed by atoms with Gasteiger partial charge in [-0.1, -0.05) is 0 Å². The van der Waals surface area contributed by atoms with E-state index in [1.807, 2.05) is 19.1 Å². The van der Waals surface area contributed by atoms with Crippen LogP contribution in [0.5, 0.6) is 5.75 Å². The standard InChI is InChI=1S/C15H16F3NO2/c1-11(14-3-2-9-21-14)19-8-10-20-13-6-4-12(5-7-13)15(16,17)18/h2-7,9,11,19H,8,10H2,1H3. The van der Waals surface area contributed by atoms with Crippen LogP contribution in [0, 0.1) is 0 Å². The van der Waals surface area contributed by atoms with Crippen molar-refractivity contribution in [3.8, 4) is 5.75 Å². The molecule has 1 atom stereocenters. The number of furan rings is 1. The van der Waals surface area contributed by atoms with Gasteiger partial charge >= 0.3 is 6.18 Å². The number of alkyl halides is 3. The molecule has 114 valence electrons. The summed E-state index contributed by atoms with van der Waals surface area (Å²) in [5.74, 6) is 1.24. The van der Waals surface area contributed by atoms with Crippen molar-refractivity contribution in [2.75, 3.05) is 13.2 Å². The molecular weight excluding hydrogens is 283 g/mol. The highest BCUT2D eigenvalue weighted by Crippen LogP contribution is 2.30. The summed E-state index contributed by atoms with van der Waals surface area (Å²) >= 11 is 0. The van der Waals surface area contributed by atoms with E-state index in [4.69, 9.17) is 9.15 Å². The molecule has 0 aliphatic rings. The molecule has 1 aromatic carbocycles. The molecule has 2 aromatic rings. The number of benzene rings is 1. The van der Waals surface area contributed by atoms with Crippen LogP contribution in [0.4, 0.5) is 13.2 Å². The second-order valence-electron chi connectivity index (χ2n) is 4.56. The van der Waals surface area contributed by atoms with Gasteiger partial charge in [-0.25, -0.2) is 0 Å². The van der Waals surface area contributed by atoms with Gasteiger partial charge in [0.15, 0.2) is 0 Å². The molecule has 2 rings (SSSR count). The normalized spacial score (nSPS) is 13.1. The summed E-state index contributed by atoms with van der Waals surface area (Å²) in [4.78, 5) is 0. The first-order chi connectivity index (χ1) is 9.97. The van der Waals surface area contributed by atoms with Crippen LogP contribution in [-0.2, 0) is 6.18 Å². The minimum atomic E-state index is -4.32. The third kappa shape index (κ3) is 4.53. The van der Waals surface area contributed by atoms with E-state index in [9.17, 15) is 13.2 Å². The van der Waals surface area contributed by atoms with Crippen molar-refractivity contribution < 1.29 is 22.3 Å². The predicted molar refractivity (Wildman–Crippen MR) is 72.1 cm³/mol. The maximum Gasteiger partial charge on any atom is 0.416 e. The molecule has 1 aromatic heterocycles. The maximum absolute atomic E-state index is 12.4. The number of nitrogens with one attached hydrogen (secondary N) is 1. The van der Waals surface area contributed by atoms with E-state index in [2.05, 4.69) is 5.32 Å². The van der Waals surface area contributed by atoms with Crippen LogP contribution in [0.15, 0.2) is 47.1 Å². The van der Waals surface area contributed by atoms with Gasteiger partial charge in [0.1, 0.15) is 18.1 Å². The lowest BCUT2D eigenvalue weighted by molar-refractivity contribution is -0.137. The third-order valence-electron chi connectivity index (χ3n) is 2.97. The molecule has 0 saturated heterocycles. The summed E-state index contributed by atoms with van der Waals surface area (Å²) in [5.41, 5.74) is -0.681. The second kappa shape index (κ2) is 6.67. The zero-order valence-corrected chi connectivity index (χ0v) is 11.5. The van der Waals surface area contributed by atoms with Crippen LogP contribution in [0.2, 0.25) is 0 Å². The molecule has 6 heteroatoms. The Morgan fingerprint density at radius 2 is 1.90 bits per heavy atom. The fourth-order valence-corrected chi connectivity index (χ4v) is 1.82. The van der Waals surface area contributed by atoms with Crippen LogP contribution in [0.1, 0.15) is 24.3 Å². The first-order valence-electron chi connectivity index (χ1n) is 6.53. The van der Waals surface area contributed by atoms with Gasteiger partial charge in [0.25, 0.3) is 0 Å². The Morgan fingerprint density at radius 1 is 1.19 bits per heavy atom. The third-order valence-corrected chi connectivity index (χ3v) is 2.97. The summed E-state index contributed by atoms with van der Waals surface area (Å²) in [7, 11) is 0. The van der Waals surface area contributed by atoms with Crippen molar-refractivity contribution in [3.63, 3.8) is 0 Å². The lowest BCUT2D eigenvalue weighted by Gasteiger charge is -2.12. The predicted octanol–water partition coefficient (Wildman–Crippen LogP) is 4.03. The van der Waals surface area contributed by atoms with Gasteiger partial charge in [-0.05, 0) is 43.3 Å². The van der Waals surface area contributed by atoms with E-state index in [0.29, 0.717) is 18.9 Å². The molecule has 0 aliphatic heterocycles. The quantitative estimate of drug-likeness (QED) is 0.818. The number of hydrogen-bond acceptors (Lipinski definition) is 3. The van der Waals surface area contributed by atoms with Crippen LogP contribution < -0.4 is 10.1 Å². The van der Waals surface area contributed by atoms with Gasteiger partial charge in [-0.2, -0.15) is 13.2 Å². The highest BCUT2D eigenvalue weighted by molar-refractivity contribution is 5.28. The van der Waals surface area contributed by atoms with E-state index in [0.717, 1.165) is 17.9 Å². The number of ether oxygens (including phenoxy) is 1. The van der Waals surface area contributed by atoms with Crippen LogP contribution >= 0.6 is 0 Å². The van der Waals surface area contributed by atoms with Gasteiger partial charge in [-0.3, -0.25) is 0 Å². The molecule has 1 N–H and O–H groups in total. The lowest BCUT2D eigenvalue weighted by atomic mass is 10.2. The van der Waals surface area contributed by atoms with Crippen LogP contribution in [-0.4, -0.2) is 13.2 Å². The SMILES string of the molecule is CC(NCCOc1ccc(C(F)(F)F)cc1)c1ccco1. The first-order valence-corrected chi connectivity index (χ1v) is 6.53. The second-order valence-corrected chi connectivity index (χ2v) is 4.56. The van der Waals surface area contributed by atoms with Crippen LogP contribution in [0.3, 0.4) is 0 Å². The van der Waals surface area contributed by atoms with E-state index in [1.54, 1.807) is 6.26 Å². The van der Waals surface area contributed by atoms with Gasteiger partial charge in [0.05, 0.1) is 17.9 Å². The molecular formula is C15H16F3NO2. The van der Waals surface area contributed by atoms with Gasteiger partial charge in [-0.15, -0.1) is 0 Å². The van der Waals surface area contributed by atoms with E-state index >= 15 is 0 Å². The Hall–Kier alpha value is -1.95. The Labute approximate surface area is 120 Å². The Morgan fingerprint density at radius 3 is 2.48 bits per heavy atom. The molecule has 0 bridgehead atoms. The van der Waals surface area contributed by atoms with Gasteiger partial charge in [0.2, 0.25) is 0 Å². The fraction of sp³-hybridized carbons (Fsp3) is 0.333. The summed E-state index contributed by atoms with van der Waals surface area (Å²) in [6.07, 6.45) is -2.72.